The minimum absolute atomic E-state index is 0.0230. The third-order valence-corrected chi connectivity index (χ3v) is 7.77. The van der Waals surface area contributed by atoms with Gasteiger partial charge in [-0.1, -0.05) is 63.9 Å². The molecule has 206 valence electrons. The lowest BCUT2D eigenvalue weighted by atomic mass is 9.97. The lowest BCUT2D eigenvalue weighted by Crippen LogP contribution is -2.29. The molecule has 1 aliphatic rings. The van der Waals surface area contributed by atoms with Crippen molar-refractivity contribution in [2.45, 2.75) is 12.6 Å². The van der Waals surface area contributed by atoms with Crippen LogP contribution in [0.25, 0.3) is 11.0 Å². The molecule has 4 aromatic carbocycles. The third-order valence-electron chi connectivity index (χ3n) is 6.99. The molecule has 0 bridgehead atoms. The van der Waals surface area contributed by atoms with E-state index in [-0.39, 0.29) is 16.8 Å². The van der Waals surface area contributed by atoms with Gasteiger partial charge in [0.1, 0.15) is 17.9 Å². The number of nitrogens with zero attached hydrogens (tertiary/aromatic N) is 1. The molecule has 0 aliphatic carbocycles. The molecule has 0 radical (unpaired) electrons. The van der Waals surface area contributed by atoms with Crippen molar-refractivity contribution in [2.24, 2.45) is 0 Å². The molecule has 0 saturated carbocycles. The van der Waals surface area contributed by atoms with Gasteiger partial charge in [0.15, 0.2) is 16.9 Å². The van der Waals surface area contributed by atoms with Crippen molar-refractivity contribution < 1.29 is 23.4 Å². The zero-order valence-electron chi connectivity index (χ0n) is 22.0. The van der Waals surface area contributed by atoms with E-state index in [0.29, 0.717) is 51.1 Å². The van der Waals surface area contributed by atoms with Crippen LogP contribution in [0.5, 0.6) is 17.2 Å². The Bertz CT molecular complexity index is 1860. The summed E-state index contributed by atoms with van der Waals surface area (Å²) in [4.78, 5) is 29.4. The first-order valence-electron chi connectivity index (χ1n) is 12.7. The zero-order chi connectivity index (χ0) is 28.7. The molecule has 0 fully saturated rings. The first kappa shape index (κ1) is 26.9. The van der Waals surface area contributed by atoms with Crippen LogP contribution in [0.15, 0.2) is 98.6 Å². The van der Waals surface area contributed by atoms with E-state index in [0.717, 1.165) is 10.0 Å². The molecule has 1 aromatic heterocycles. The van der Waals surface area contributed by atoms with Crippen molar-refractivity contribution in [2.75, 3.05) is 19.1 Å². The molecule has 5 aromatic rings. The predicted molar refractivity (Wildman–Crippen MR) is 161 cm³/mol. The lowest BCUT2D eigenvalue weighted by Gasteiger charge is -2.26. The van der Waals surface area contributed by atoms with Gasteiger partial charge < -0.3 is 18.6 Å². The highest BCUT2D eigenvalue weighted by molar-refractivity contribution is 9.10. The molecule has 1 amide bonds. The van der Waals surface area contributed by atoms with Gasteiger partial charge in [-0.05, 0) is 59.7 Å². The van der Waals surface area contributed by atoms with Gasteiger partial charge in [0.25, 0.3) is 5.91 Å². The Labute approximate surface area is 249 Å². The number of hydrogen-bond acceptors (Lipinski definition) is 6. The van der Waals surface area contributed by atoms with E-state index in [2.05, 4.69) is 15.9 Å². The second-order valence-electron chi connectivity index (χ2n) is 9.40. The summed E-state index contributed by atoms with van der Waals surface area (Å²) in [7, 11) is 3.06. The van der Waals surface area contributed by atoms with Crippen molar-refractivity contribution in [3.05, 3.63) is 127 Å². The van der Waals surface area contributed by atoms with Gasteiger partial charge in [0, 0.05) is 10.2 Å². The average Bonchev–Trinajstić information content (AvgIpc) is 3.29. The maximum atomic E-state index is 14.0. The number of amides is 1. The second kappa shape index (κ2) is 11.0. The zero-order valence-corrected chi connectivity index (χ0v) is 24.4. The van der Waals surface area contributed by atoms with Crippen LogP contribution in [0.2, 0.25) is 5.02 Å². The van der Waals surface area contributed by atoms with E-state index in [1.165, 1.54) is 12.0 Å². The quantitative estimate of drug-likeness (QED) is 0.184. The summed E-state index contributed by atoms with van der Waals surface area (Å²) in [6.45, 7) is 0.349. The number of methoxy groups -OCH3 is 2. The van der Waals surface area contributed by atoms with Gasteiger partial charge >= 0.3 is 0 Å². The number of rotatable bonds is 7. The van der Waals surface area contributed by atoms with Crippen LogP contribution in [0.4, 0.5) is 5.69 Å². The van der Waals surface area contributed by atoms with E-state index >= 15 is 0 Å². The largest absolute Gasteiger partial charge is 0.495 e. The van der Waals surface area contributed by atoms with Gasteiger partial charge in [-0.3, -0.25) is 14.5 Å². The highest BCUT2D eigenvalue weighted by atomic mass is 79.9. The van der Waals surface area contributed by atoms with Gasteiger partial charge in [0.2, 0.25) is 5.76 Å². The lowest BCUT2D eigenvalue weighted by molar-refractivity contribution is 0.0971. The summed E-state index contributed by atoms with van der Waals surface area (Å²) in [5.74, 6) is 0.960. The van der Waals surface area contributed by atoms with Crippen LogP contribution < -0.4 is 24.5 Å². The Morgan fingerprint density at radius 1 is 0.878 bits per heavy atom. The van der Waals surface area contributed by atoms with Gasteiger partial charge in [-0.25, -0.2) is 0 Å². The van der Waals surface area contributed by atoms with Crippen LogP contribution in [-0.2, 0) is 6.61 Å². The van der Waals surface area contributed by atoms with E-state index in [1.807, 2.05) is 36.4 Å². The van der Waals surface area contributed by atoms with Gasteiger partial charge in [-0.15, -0.1) is 0 Å². The normalized spacial score (nSPS) is 14.3. The molecule has 0 N–H and O–H groups in total. The molecule has 41 heavy (non-hydrogen) atoms. The van der Waals surface area contributed by atoms with Crippen molar-refractivity contribution in [3.63, 3.8) is 0 Å². The maximum absolute atomic E-state index is 14.0. The summed E-state index contributed by atoms with van der Waals surface area (Å²) in [6, 6.07) is 24.5. The van der Waals surface area contributed by atoms with Crippen LogP contribution in [-0.4, -0.2) is 20.1 Å². The molecular formula is C32H23BrClNO6. The Hall–Kier alpha value is -4.27. The molecule has 6 rings (SSSR count). The standard InChI is InChI=1S/C32H23BrClNO6/c1-38-25-13-10-21(16-23(25)34)35-29(28-30(36)22-15-20(33)9-12-24(22)41-31(28)32(35)37)19-8-11-26(27(14-19)39-2)40-17-18-6-4-3-5-7-18/h3-16,29H,17H2,1-2H3. The van der Waals surface area contributed by atoms with Crippen molar-refractivity contribution >= 4 is 50.1 Å². The van der Waals surface area contributed by atoms with Crippen molar-refractivity contribution in [1.82, 2.24) is 0 Å². The Balaban J connectivity index is 1.50. The summed E-state index contributed by atoms with van der Waals surface area (Å²) in [6.07, 6.45) is 0. The van der Waals surface area contributed by atoms with Crippen LogP contribution in [0.1, 0.15) is 33.3 Å². The van der Waals surface area contributed by atoms with Crippen LogP contribution >= 0.6 is 27.5 Å². The smallest absolute Gasteiger partial charge is 0.295 e. The number of halogens is 2. The number of hydrogen-bond donors (Lipinski definition) is 0. The van der Waals surface area contributed by atoms with E-state index < -0.39 is 11.9 Å². The molecule has 0 spiro atoms. The number of fused-ring (bicyclic) bond motifs is 2. The summed E-state index contributed by atoms with van der Waals surface area (Å²) in [5.41, 5.74) is 2.37. The minimum atomic E-state index is -0.821. The summed E-state index contributed by atoms with van der Waals surface area (Å²) in [5, 5.41) is 0.684. The first-order chi connectivity index (χ1) is 19.9. The number of anilines is 1. The monoisotopic (exact) mass is 631 g/mol. The predicted octanol–water partition coefficient (Wildman–Crippen LogP) is 7.55. The highest BCUT2D eigenvalue weighted by Crippen LogP contribution is 2.44. The van der Waals surface area contributed by atoms with Crippen molar-refractivity contribution in [1.29, 1.82) is 0 Å². The summed E-state index contributed by atoms with van der Waals surface area (Å²) >= 11 is 9.89. The second-order valence-corrected chi connectivity index (χ2v) is 10.7. The van der Waals surface area contributed by atoms with E-state index in [9.17, 15) is 9.59 Å². The van der Waals surface area contributed by atoms with Gasteiger partial charge in [-0.2, -0.15) is 0 Å². The fourth-order valence-corrected chi connectivity index (χ4v) is 5.65. The Kier molecular flexibility index (Phi) is 7.19. The van der Waals surface area contributed by atoms with Gasteiger partial charge in [0.05, 0.1) is 36.2 Å². The Morgan fingerprint density at radius 3 is 2.37 bits per heavy atom. The molecule has 1 atom stereocenters. The molecule has 2 heterocycles. The summed E-state index contributed by atoms with van der Waals surface area (Å²) < 4.78 is 23.8. The minimum Gasteiger partial charge on any atom is -0.495 e. The highest BCUT2D eigenvalue weighted by Gasteiger charge is 2.44. The van der Waals surface area contributed by atoms with Crippen LogP contribution in [0.3, 0.4) is 0 Å². The maximum Gasteiger partial charge on any atom is 0.295 e. The van der Waals surface area contributed by atoms with E-state index in [1.54, 1.807) is 55.6 Å². The molecule has 1 unspecified atom stereocenters. The number of benzene rings is 4. The van der Waals surface area contributed by atoms with Crippen molar-refractivity contribution in [3.8, 4) is 17.2 Å². The topological polar surface area (TPSA) is 78.2 Å². The molecule has 7 nitrogen and oxygen atoms in total. The number of ether oxygens (including phenoxy) is 3. The third kappa shape index (κ3) is 4.83. The molecule has 9 heteroatoms. The molecule has 0 saturated heterocycles. The van der Waals surface area contributed by atoms with E-state index in [4.69, 9.17) is 30.2 Å². The van der Waals surface area contributed by atoms with Crippen LogP contribution in [0, 0.1) is 0 Å². The molecular weight excluding hydrogens is 610 g/mol. The Morgan fingerprint density at radius 2 is 1.63 bits per heavy atom. The number of carbonyl (C=O) groups excluding carboxylic acids is 1. The molecule has 1 aliphatic heterocycles. The number of carbonyl (C=O) groups is 1. The fraction of sp³-hybridized carbons (Fsp3) is 0.125. The average molecular weight is 633 g/mol. The first-order valence-corrected chi connectivity index (χ1v) is 13.8. The fourth-order valence-electron chi connectivity index (χ4n) is 5.04. The SMILES string of the molecule is COc1ccc(N2C(=O)c3oc4ccc(Br)cc4c(=O)c3C2c2ccc(OCc3ccccc3)c(OC)c2)cc1Cl.